The molecule has 0 unspecified atom stereocenters. The second kappa shape index (κ2) is 8.61. The van der Waals surface area contributed by atoms with Crippen LogP contribution in [0, 0.1) is 0 Å². The molecule has 3 nitrogen and oxygen atoms in total. The van der Waals surface area contributed by atoms with Crippen molar-refractivity contribution in [2.75, 3.05) is 0 Å². The third-order valence-electron chi connectivity index (χ3n) is 4.98. The minimum atomic E-state index is -0.781. The Morgan fingerprint density at radius 3 is 2.38 bits per heavy atom. The molecule has 29 heavy (non-hydrogen) atoms. The van der Waals surface area contributed by atoms with Crippen LogP contribution in [0.5, 0.6) is 5.75 Å². The van der Waals surface area contributed by atoms with Crippen LogP contribution in [0.4, 0.5) is 0 Å². The number of aliphatic carboxylic acids is 1. The molecule has 3 heteroatoms. The fourth-order valence-electron chi connectivity index (χ4n) is 3.48. The number of rotatable bonds is 7. The molecule has 0 aromatic heterocycles. The van der Waals surface area contributed by atoms with E-state index >= 15 is 0 Å². The van der Waals surface area contributed by atoms with Crippen molar-refractivity contribution in [3.63, 3.8) is 0 Å². The molecule has 0 amide bonds. The molecular formula is C26H22O3. The maximum atomic E-state index is 10.7. The lowest BCUT2D eigenvalue weighted by Gasteiger charge is -2.10. The average Bonchev–Trinajstić information content (AvgIpc) is 2.77. The minimum Gasteiger partial charge on any atom is -0.489 e. The molecule has 0 spiro atoms. The van der Waals surface area contributed by atoms with Gasteiger partial charge in [0.2, 0.25) is 0 Å². The predicted octanol–water partition coefficient (Wildman–Crippen LogP) is 6.10. The van der Waals surface area contributed by atoms with Gasteiger partial charge in [-0.3, -0.25) is 4.79 Å². The molecule has 0 aliphatic rings. The molecule has 4 aromatic carbocycles. The van der Waals surface area contributed by atoms with E-state index in [1.165, 1.54) is 21.9 Å². The monoisotopic (exact) mass is 382 g/mol. The molecule has 1 N–H and O–H groups in total. The summed E-state index contributed by atoms with van der Waals surface area (Å²) in [6.45, 7) is 0.479. The summed E-state index contributed by atoms with van der Waals surface area (Å²) in [6.07, 6.45) is 0.670. The maximum absolute atomic E-state index is 10.7. The van der Waals surface area contributed by atoms with Gasteiger partial charge in [-0.05, 0) is 57.6 Å². The van der Waals surface area contributed by atoms with E-state index in [-0.39, 0.29) is 6.42 Å². The number of carboxylic acid groups (broad SMARTS) is 1. The molecule has 0 saturated heterocycles. The fraction of sp³-hybridized carbons (Fsp3) is 0.115. The Morgan fingerprint density at radius 1 is 0.793 bits per heavy atom. The third-order valence-corrected chi connectivity index (χ3v) is 4.98. The van der Waals surface area contributed by atoms with Crippen molar-refractivity contribution in [1.29, 1.82) is 0 Å². The van der Waals surface area contributed by atoms with E-state index < -0.39 is 5.97 Å². The van der Waals surface area contributed by atoms with E-state index in [0.717, 1.165) is 16.9 Å². The molecule has 0 saturated carbocycles. The van der Waals surface area contributed by atoms with Crippen LogP contribution in [0.25, 0.3) is 21.9 Å². The maximum Gasteiger partial charge on any atom is 0.303 e. The van der Waals surface area contributed by atoms with E-state index in [2.05, 4.69) is 66.7 Å². The number of ether oxygens (including phenoxy) is 1. The van der Waals surface area contributed by atoms with Gasteiger partial charge in [-0.1, -0.05) is 72.8 Å². The molecule has 0 aliphatic heterocycles. The van der Waals surface area contributed by atoms with E-state index in [9.17, 15) is 4.79 Å². The van der Waals surface area contributed by atoms with Crippen molar-refractivity contribution in [3.05, 3.63) is 102 Å². The average molecular weight is 382 g/mol. The highest BCUT2D eigenvalue weighted by Crippen LogP contribution is 2.29. The molecule has 0 fully saturated rings. The summed E-state index contributed by atoms with van der Waals surface area (Å²) in [7, 11) is 0. The van der Waals surface area contributed by atoms with Gasteiger partial charge in [-0.2, -0.15) is 0 Å². The quantitative estimate of drug-likeness (QED) is 0.420. The smallest absolute Gasteiger partial charge is 0.303 e. The second-order valence-corrected chi connectivity index (χ2v) is 7.05. The Kier molecular flexibility index (Phi) is 5.57. The topological polar surface area (TPSA) is 46.5 Å². The normalized spacial score (nSPS) is 10.8. The lowest BCUT2D eigenvalue weighted by molar-refractivity contribution is -0.136. The first-order chi connectivity index (χ1) is 14.2. The van der Waals surface area contributed by atoms with Gasteiger partial charge in [0.25, 0.3) is 0 Å². The van der Waals surface area contributed by atoms with Crippen molar-refractivity contribution in [2.24, 2.45) is 0 Å². The molecule has 0 heterocycles. The summed E-state index contributed by atoms with van der Waals surface area (Å²) in [4.78, 5) is 10.7. The van der Waals surface area contributed by atoms with Crippen molar-refractivity contribution in [2.45, 2.75) is 19.4 Å². The van der Waals surface area contributed by atoms with Crippen molar-refractivity contribution >= 4 is 16.7 Å². The minimum absolute atomic E-state index is 0.140. The van der Waals surface area contributed by atoms with Crippen molar-refractivity contribution in [1.82, 2.24) is 0 Å². The molecule has 0 bridgehead atoms. The lowest BCUT2D eigenvalue weighted by atomic mass is 9.97. The number of hydrogen-bond acceptors (Lipinski definition) is 2. The standard InChI is InChI=1S/C26H22O3/c27-26(28)16-13-19-11-14-23(15-12-19)29-18-20-5-3-8-22(17-20)25-10-4-7-21-6-1-2-9-24(21)25/h1-12,14-15,17H,13,16,18H2,(H,27,28). The molecular weight excluding hydrogens is 360 g/mol. The Labute approximate surface area is 170 Å². The zero-order chi connectivity index (χ0) is 20.1. The van der Waals surface area contributed by atoms with Crippen LogP contribution < -0.4 is 4.74 Å². The summed E-state index contributed by atoms with van der Waals surface area (Å²) >= 11 is 0. The number of fused-ring (bicyclic) bond motifs is 1. The number of carboxylic acids is 1. The predicted molar refractivity (Wildman–Crippen MR) is 116 cm³/mol. The number of hydrogen-bond donors (Lipinski definition) is 1. The van der Waals surface area contributed by atoms with E-state index in [4.69, 9.17) is 9.84 Å². The Balaban J connectivity index is 1.47. The van der Waals surface area contributed by atoms with E-state index in [0.29, 0.717) is 13.0 Å². The van der Waals surface area contributed by atoms with Crippen LogP contribution in [0.2, 0.25) is 0 Å². The molecule has 4 rings (SSSR count). The highest BCUT2D eigenvalue weighted by atomic mass is 16.5. The number of carbonyl (C=O) groups is 1. The molecule has 0 atom stereocenters. The van der Waals surface area contributed by atoms with Gasteiger partial charge in [0.1, 0.15) is 12.4 Å². The number of aryl methyl sites for hydroxylation is 1. The van der Waals surface area contributed by atoms with Gasteiger partial charge in [-0.15, -0.1) is 0 Å². The van der Waals surface area contributed by atoms with Crippen LogP contribution in [-0.4, -0.2) is 11.1 Å². The Morgan fingerprint density at radius 2 is 1.55 bits per heavy atom. The van der Waals surface area contributed by atoms with Crippen LogP contribution in [0.15, 0.2) is 91.0 Å². The Hall–Kier alpha value is -3.59. The molecule has 0 radical (unpaired) electrons. The molecule has 4 aromatic rings. The first-order valence-corrected chi connectivity index (χ1v) is 9.70. The lowest BCUT2D eigenvalue weighted by Crippen LogP contribution is -1.98. The van der Waals surface area contributed by atoms with Gasteiger partial charge in [-0.25, -0.2) is 0 Å². The summed E-state index contributed by atoms with van der Waals surface area (Å²) in [5.74, 6) is -0.00366. The molecule has 144 valence electrons. The van der Waals surface area contributed by atoms with E-state index in [1.807, 2.05) is 24.3 Å². The first kappa shape index (κ1) is 18.8. The summed E-state index contributed by atoms with van der Waals surface area (Å²) < 4.78 is 5.93. The summed E-state index contributed by atoms with van der Waals surface area (Å²) in [5, 5.41) is 11.3. The first-order valence-electron chi connectivity index (χ1n) is 9.70. The van der Waals surface area contributed by atoms with Gasteiger partial charge in [0.05, 0.1) is 0 Å². The van der Waals surface area contributed by atoms with Gasteiger partial charge in [0.15, 0.2) is 0 Å². The van der Waals surface area contributed by atoms with Crippen LogP contribution >= 0.6 is 0 Å². The summed E-state index contributed by atoms with van der Waals surface area (Å²) in [6, 6.07) is 30.8. The molecule has 0 aliphatic carbocycles. The largest absolute Gasteiger partial charge is 0.489 e. The van der Waals surface area contributed by atoms with Gasteiger partial charge < -0.3 is 9.84 Å². The highest BCUT2D eigenvalue weighted by molar-refractivity contribution is 5.96. The van der Waals surface area contributed by atoms with Crippen LogP contribution in [0.1, 0.15) is 17.5 Å². The third kappa shape index (κ3) is 4.64. The zero-order valence-electron chi connectivity index (χ0n) is 16.0. The van der Waals surface area contributed by atoms with E-state index in [1.54, 1.807) is 0 Å². The zero-order valence-corrected chi connectivity index (χ0v) is 16.0. The van der Waals surface area contributed by atoms with Gasteiger partial charge >= 0.3 is 5.97 Å². The van der Waals surface area contributed by atoms with Crippen molar-refractivity contribution in [3.8, 4) is 16.9 Å². The van der Waals surface area contributed by atoms with Crippen molar-refractivity contribution < 1.29 is 14.6 Å². The number of benzene rings is 4. The van der Waals surface area contributed by atoms with Crippen LogP contribution in [-0.2, 0) is 17.8 Å². The Bertz CT molecular complexity index is 1120. The van der Waals surface area contributed by atoms with Gasteiger partial charge in [0, 0.05) is 6.42 Å². The fourth-order valence-corrected chi connectivity index (χ4v) is 3.48. The highest BCUT2D eigenvalue weighted by Gasteiger charge is 2.05. The summed E-state index contributed by atoms with van der Waals surface area (Å²) in [5.41, 5.74) is 4.49. The second-order valence-electron chi connectivity index (χ2n) is 7.05. The SMILES string of the molecule is O=C(O)CCc1ccc(OCc2cccc(-c3cccc4ccccc34)c2)cc1. The van der Waals surface area contributed by atoms with Crippen LogP contribution in [0.3, 0.4) is 0 Å².